The van der Waals surface area contributed by atoms with Crippen LogP contribution in [0.2, 0.25) is 0 Å². The van der Waals surface area contributed by atoms with Gasteiger partial charge in [0.05, 0.1) is 19.8 Å². The van der Waals surface area contributed by atoms with Gasteiger partial charge in [-0.1, -0.05) is 74.2 Å². The van der Waals surface area contributed by atoms with Gasteiger partial charge in [-0.25, -0.2) is 4.79 Å². The molecule has 226 valence electrons. The molecule has 3 rings (SSSR count). The van der Waals surface area contributed by atoms with Gasteiger partial charge in [0.25, 0.3) is 5.41 Å². The maximum atomic E-state index is 12.8. The topological polar surface area (TPSA) is 117 Å². The van der Waals surface area contributed by atoms with Gasteiger partial charge >= 0.3 is 24.0 Å². The van der Waals surface area contributed by atoms with Crippen LogP contribution in [0.15, 0.2) is 54.6 Å². The van der Waals surface area contributed by atoms with Gasteiger partial charge in [-0.3, -0.25) is 14.4 Å². The molecule has 0 bridgehead atoms. The van der Waals surface area contributed by atoms with Crippen LogP contribution in [0.25, 0.3) is 21.5 Å². The van der Waals surface area contributed by atoms with Gasteiger partial charge in [0.15, 0.2) is 0 Å². The lowest BCUT2D eigenvalue weighted by Gasteiger charge is -2.27. The Kier molecular flexibility index (Phi) is 12.6. The number of hydrogen-bond donors (Lipinski definition) is 1. The van der Waals surface area contributed by atoms with E-state index in [-0.39, 0.29) is 32.8 Å². The first-order valence-corrected chi connectivity index (χ1v) is 14.7. The average molecular weight is 580 g/mol. The molecule has 9 nitrogen and oxygen atoms in total. The molecule has 1 amide bonds. The second-order valence-corrected chi connectivity index (χ2v) is 9.88. The Hall–Kier alpha value is -4.14. The molecular formula is C33H41NO8. The number of ether oxygens (including phenoxy) is 4. The number of rotatable bonds is 16. The van der Waals surface area contributed by atoms with Gasteiger partial charge < -0.3 is 24.3 Å². The van der Waals surface area contributed by atoms with Crippen molar-refractivity contribution in [3.05, 3.63) is 60.2 Å². The lowest BCUT2D eigenvalue weighted by Crippen LogP contribution is -2.49. The average Bonchev–Trinajstić information content (AvgIpc) is 2.98. The Labute approximate surface area is 246 Å². The van der Waals surface area contributed by atoms with Gasteiger partial charge in [-0.05, 0) is 61.2 Å². The molecule has 0 atom stereocenters. The highest BCUT2D eigenvalue weighted by Gasteiger charge is 2.56. The van der Waals surface area contributed by atoms with E-state index < -0.39 is 29.4 Å². The maximum absolute atomic E-state index is 12.8. The molecule has 0 radical (unpaired) electrons. The molecule has 0 aliphatic carbocycles. The number of carbonyl (C=O) groups is 4. The number of nitrogens with one attached hydrogen (secondary N) is 1. The van der Waals surface area contributed by atoms with Crippen molar-refractivity contribution in [1.82, 2.24) is 5.32 Å². The second-order valence-electron chi connectivity index (χ2n) is 9.88. The predicted octanol–water partition coefficient (Wildman–Crippen LogP) is 6.24. The summed E-state index contributed by atoms with van der Waals surface area (Å²) in [5.74, 6) is -2.83. The van der Waals surface area contributed by atoms with Crippen molar-refractivity contribution in [3.8, 4) is 0 Å². The Bertz CT molecular complexity index is 1270. The summed E-state index contributed by atoms with van der Waals surface area (Å²) in [6, 6.07) is 18.3. The quantitative estimate of drug-likeness (QED) is 0.0697. The molecule has 0 aliphatic heterocycles. The fraction of sp³-hybridized carbons (Fsp3) is 0.455. The minimum absolute atomic E-state index is 0.0212. The summed E-state index contributed by atoms with van der Waals surface area (Å²) < 4.78 is 20.8. The van der Waals surface area contributed by atoms with E-state index in [1.165, 1.54) is 0 Å². The minimum atomic E-state index is -2.12. The van der Waals surface area contributed by atoms with E-state index in [1.807, 2.05) is 36.4 Å². The van der Waals surface area contributed by atoms with Gasteiger partial charge in [0.1, 0.15) is 6.61 Å². The number of carbonyl (C=O) groups excluding carboxylic acids is 4. The van der Waals surface area contributed by atoms with Crippen LogP contribution in [-0.2, 0) is 39.9 Å². The Morgan fingerprint density at radius 1 is 0.643 bits per heavy atom. The molecule has 0 saturated heterocycles. The summed E-state index contributed by atoms with van der Waals surface area (Å²) in [5.41, 5.74) is -1.15. The minimum Gasteiger partial charge on any atom is -0.465 e. The highest BCUT2D eigenvalue weighted by Crippen LogP contribution is 2.32. The molecule has 0 saturated carbocycles. The van der Waals surface area contributed by atoms with Crippen molar-refractivity contribution in [2.24, 2.45) is 5.41 Å². The number of esters is 3. The van der Waals surface area contributed by atoms with Gasteiger partial charge in [-0.15, -0.1) is 0 Å². The summed E-state index contributed by atoms with van der Waals surface area (Å²) in [7, 11) is 0. The SMILES string of the molecule is CCOC(=O)C(CCCCCCCNC(=O)OCc1c2ccccc2cc2ccccc12)(C(=O)OCC)C(=O)OCC. The molecular weight excluding hydrogens is 538 g/mol. The van der Waals surface area contributed by atoms with Crippen molar-refractivity contribution < 1.29 is 38.1 Å². The summed E-state index contributed by atoms with van der Waals surface area (Å²) in [4.78, 5) is 50.7. The van der Waals surface area contributed by atoms with Gasteiger partial charge in [0.2, 0.25) is 0 Å². The largest absolute Gasteiger partial charge is 0.465 e. The van der Waals surface area contributed by atoms with Crippen LogP contribution in [0, 0.1) is 5.41 Å². The first-order valence-electron chi connectivity index (χ1n) is 14.7. The summed E-state index contributed by atoms with van der Waals surface area (Å²) >= 11 is 0. The van der Waals surface area contributed by atoms with Crippen LogP contribution in [0.3, 0.4) is 0 Å². The van der Waals surface area contributed by atoms with Crippen LogP contribution in [0.5, 0.6) is 0 Å². The number of alkyl carbamates (subject to hydrolysis) is 1. The molecule has 9 heteroatoms. The molecule has 0 spiro atoms. The monoisotopic (exact) mass is 579 g/mol. The number of hydrogen-bond acceptors (Lipinski definition) is 8. The van der Waals surface area contributed by atoms with E-state index >= 15 is 0 Å². The van der Waals surface area contributed by atoms with Gasteiger partial charge in [0, 0.05) is 12.1 Å². The van der Waals surface area contributed by atoms with Crippen molar-refractivity contribution in [1.29, 1.82) is 0 Å². The summed E-state index contributed by atoms with van der Waals surface area (Å²) in [5, 5.41) is 7.11. The number of fused-ring (bicyclic) bond motifs is 2. The molecule has 1 N–H and O–H groups in total. The van der Waals surface area contributed by atoms with E-state index in [0.717, 1.165) is 46.4 Å². The Morgan fingerprint density at radius 2 is 1.12 bits per heavy atom. The molecule has 0 unspecified atom stereocenters. The Balaban J connectivity index is 1.45. The molecule has 3 aromatic rings. The van der Waals surface area contributed by atoms with E-state index in [1.54, 1.807) is 20.8 Å². The Morgan fingerprint density at radius 3 is 1.64 bits per heavy atom. The highest BCUT2D eigenvalue weighted by atomic mass is 16.6. The van der Waals surface area contributed by atoms with Crippen LogP contribution >= 0.6 is 0 Å². The van der Waals surface area contributed by atoms with Crippen molar-refractivity contribution in [3.63, 3.8) is 0 Å². The lowest BCUT2D eigenvalue weighted by atomic mass is 9.82. The summed E-state index contributed by atoms with van der Waals surface area (Å²) in [6.45, 7) is 5.50. The number of amides is 1. The third-order valence-electron chi connectivity index (χ3n) is 7.10. The highest BCUT2D eigenvalue weighted by molar-refractivity contribution is 6.18. The second kappa shape index (κ2) is 16.3. The summed E-state index contributed by atoms with van der Waals surface area (Å²) in [6.07, 6.45) is 2.86. The number of unbranched alkanes of at least 4 members (excludes halogenated alkanes) is 4. The van der Waals surface area contributed by atoms with Crippen LogP contribution in [0.1, 0.15) is 64.9 Å². The third-order valence-corrected chi connectivity index (χ3v) is 7.10. The normalized spacial score (nSPS) is 11.2. The van der Waals surface area contributed by atoms with E-state index in [0.29, 0.717) is 19.4 Å². The fourth-order valence-corrected chi connectivity index (χ4v) is 5.01. The zero-order valence-electron chi connectivity index (χ0n) is 24.7. The van der Waals surface area contributed by atoms with Crippen LogP contribution in [0.4, 0.5) is 4.79 Å². The van der Waals surface area contributed by atoms with Crippen LogP contribution < -0.4 is 5.32 Å². The standard InChI is InChI=1S/C33H41NO8/c1-4-39-29(35)33(30(36)40-5-2,31(37)41-6-3)20-14-8-7-9-15-21-34-32(38)42-23-28-26-18-12-10-16-24(26)22-25-17-11-13-19-27(25)28/h10-13,16-19,22H,4-9,14-15,20-21,23H2,1-3H3,(H,34,38). The first-order chi connectivity index (χ1) is 20.4. The fourth-order valence-electron chi connectivity index (χ4n) is 5.01. The van der Waals surface area contributed by atoms with E-state index in [2.05, 4.69) is 23.5 Å². The third kappa shape index (κ3) is 7.99. The van der Waals surface area contributed by atoms with E-state index in [4.69, 9.17) is 18.9 Å². The van der Waals surface area contributed by atoms with Crippen molar-refractivity contribution >= 4 is 45.5 Å². The lowest BCUT2D eigenvalue weighted by molar-refractivity contribution is -0.184. The van der Waals surface area contributed by atoms with E-state index in [9.17, 15) is 19.2 Å². The zero-order valence-corrected chi connectivity index (χ0v) is 24.7. The molecule has 0 aliphatic rings. The zero-order chi connectivity index (χ0) is 30.4. The molecule has 0 heterocycles. The van der Waals surface area contributed by atoms with Crippen molar-refractivity contribution in [2.75, 3.05) is 26.4 Å². The number of benzene rings is 3. The smallest absolute Gasteiger partial charge is 0.407 e. The van der Waals surface area contributed by atoms with Crippen molar-refractivity contribution in [2.45, 2.75) is 65.9 Å². The predicted molar refractivity (Wildman–Crippen MR) is 160 cm³/mol. The van der Waals surface area contributed by atoms with Crippen LogP contribution in [-0.4, -0.2) is 50.4 Å². The first kappa shape index (κ1) is 32.4. The molecule has 42 heavy (non-hydrogen) atoms. The van der Waals surface area contributed by atoms with Gasteiger partial charge in [-0.2, -0.15) is 0 Å². The molecule has 0 aromatic heterocycles. The molecule has 3 aromatic carbocycles. The molecule has 0 fully saturated rings. The maximum Gasteiger partial charge on any atom is 0.407 e.